The number of rotatable bonds is 4. The first-order chi connectivity index (χ1) is 9.56. The van der Waals surface area contributed by atoms with Gasteiger partial charge in [0, 0.05) is 5.41 Å². The number of methoxy groups -OCH3 is 1. The molecule has 0 aliphatic heterocycles. The molecule has 1 aliphatic rings. The smallest absolute Gasteiger partial charge is 0.347 e. The molecule has 1 fully saturated rings. The minimum absolute atomic E-state index is 0.0879. The number of ether oxygens (including phenoxy) is 1. The van der Waals surface area contributed by atoms with Crippen LogP contribution in [0.1, 0.15) is 38.8 Å². The first-order valence-corrected chi connectivity index (χ1v) is 7.24. The van der Waals surface area contributed by atoms with Gasteiger partial charge in [0.25, 0.3) is 0 Å². The van der Waals surface area contributed by atoms with Crippen molar-refractivity contribution in [1.29, 1.82) is 0 Å². The van der Waals surface area contributed by atoms with Gasteiger partial charge in [-0.05, 0) is 37.5 Å². The minimum Gasteiger partial charge on any atom is -0.497 e. The highest BCUT2D eigenvalue weighted by molar-refractivity contribution is 7.14. The van der Waals surface area contributed by atoms with Crippen LogP contribution in [0.25, 0.3) is 0 Å². The van der Waals surface area contributed by atoms with Crippen LogP contribution in [-0.2, 0) is 5.41 Å². The molecule has 1 saturated carbocycles. The predicted molar refractivity (Wildman–Crippen MR) is 76.8 cm³/mol. The van der Waals surface area contributed by atoms with Crippen molar-refractivity contribution in [2.45, 2.75) is 25.2 Å². The largest absolute Gasteiger partial charge is 0.497 e. The standard InChI is InChI=1S/C15H15NO3S/c1-9-12(13(17)18)20-14(16-9)15(7-8-15)10-3-5-11(19-2)6-4-10/h3-6H,7-8H2,1-2H3,(H,17,18). The number of nitrogens with zero attached hydrogens (tertiary/aromatic N) is 1. The lowest BCUT2D eigenvalue weighted by atomic mass is 9.97. The van der Waals surface area contributed by atoms with E-state index in [2.05, 4.69) is 4.98 Å². The van der Waals surface area contributed by atoms with Gasteiger partial charge in [-0.15, -0.1) is 11.3 Å². The van der Waals surface area contributed by atoms with E-state index in [9.17, 15) is 4.79 Å². The van der Waals surface area contributed by atoms with Crippen LogP contribution >= 0.6 is 11.3 Å². The number of aryl methyl sites for hydroxylation is 1. The normalized spacial score (nSPS) is 15.9. The summed E-state index contributed by atoms with van der Waals surface area (Å²) in [5.41, 5.74) is 1.70. The van der Waals surface area contributed by atoms with Crippen molar-refractivity contribution < 1.29 is 14.6 Å². The molecule has 0 unspecified atom stereocenters. The molecule has 3 rings (SSSR count). The second-order valence-electron chi connectivity index (χ2n) is 5.05. The zero-order chi connectivity index (χ0) is 14.3. The minimum atomic E-state index is -0.892. The van der Waals surface area contributed by atoms with E-state index in [1.807, 2.05) is 24.3 Å². The third-order valence-electron chi connectivity index (χ3n) is 3.79. The van der Waals surface area contributed by atoms with Crippen molar-refractivity contribution in [1.82, 2.24) is 4.98 Å². The summed E-state index contributed by atoms with van der Waals surface area (Å²) in [6.07, 6.45) is 2.04. The maximum Gasteiger partial charge on any atom is 0.347 e. The van der Waals surface area contributed by atoms with Gasteiger partial charge < -0.3 is 9.84 Å². The lowest BCUT2D eigenvalue weighted by molar-refractivity contribution is 0.0701. The summed E-state index contributed by atoms with van der Waals surface area (Å²) in [5.74, 6) is -0.0668. The third kappa shape index (κ3) is 1.98. The molecule has 2 aromatic rings. The molecule has 1 aliphatic carbocycles. The van der Waals surface area contributed by atoms with Crippen LogP contribution in [0.4, 0.5) is 0 Å². The van der Waals surface area contributed by atoms with Crippen LogP contribution in [0, 0.1) is 6.92 Å². The molecule has 0 spiro atoms. The fraction of sp³-hybridized carbons (Fsp3) is 0.333. The van der Waals surface area contributed by atoms with Crippen LogP contribution in [-0.4, -0.2) is 23.2 Å². The van der Waals surface area contributed by atoms with E-state index in [4.69, 9.17) is 9.84 Å². The van der Waals surface area contributed by atoms with Gasteiger partial charge >= 0.3 is 5.97 Å². The maximum absolute atomic E-state index is 11.2. The van der Waals surface area contributed by atoms with Crippen molar-refractivity contribution in [3.05, 3.63) is 45.4 Å². The highest BCUT2D eigenvalue weighted by Crippen LogP contribution is 2.54. The number of aromatic carboxylic acids is 1. The lowest BCUT2D eigenvalue weighted by Gasteiger charge is -2.13. The Labute approximate surface area is 121 Å². The van der Waals surface area contributed by atoms with Gasteiger partial charge in [-0.2, -0.15) is 0 Å². The molecule has 104 valence electrons. The average Bonchev–Trinajstić information content (AvgIpc) is 3.16. The number of carboxylic acid groups (broad SMARTS) is 1. The number of carboxylic acids is 1. The molecule has 4 nitrogen and oxygen atoms in total. The van der Waals surface area contributed by atoms with Gasteiger partial charge in [0.2, 0.25) is 0 Å². The van der Waals surface area contributed by atoms with Crippen molar-refractivity contribution >= 4 is 17.3 Å². The Balaban J connectivity index is 1.99. The second-order valence-corrected chi connectivity index (χ2v) is 6.05. The summed E-state index contributed by atoms with van der Waals surface area (Å²) in [6, 6.07) is 7.97. The number of hydrogen-bond donors (Lipinski definition) is 1. The van der Waals surface area contributed by atoms with E-state index in [1.165, 1.54) is 16.9 Å². The first kappa shape index (κ1) is 13.1. The monoisotopic (exact) mass is 289 g/mol. The number of aromatic nitrogens is 1. The third-order valence-corrected chi connectivity index (χ3v) is 5.14. The van der Waals surface area contributed by atoms with Crippen LogP contribution in [0.2, 0.25) is 0 Å². The van der Waals surface area contributed by atoms with Gasteiger partial charge in [0.05, 0.1) is 12.8 Å². The Kier molecular flexibility index (Phi) is 3.01. The summed E-state index contributed by atoms with van der Waals surface area (Å²) in [4.78, 5) is 16.0. The predicted octanol–water partition coefficient (Wildman–Crippen LogP) is 3.24. The zero-order valence-electron chi connectivity index (χ0n) is 11.3. The summed E-state index contributed by atoms with van der Waals surface area (Å²) < 4.78 is 5.17. The Morgan fingerprint density at radius 3 is 2.45 bits per heavy atom. The molecule has 0 radical (unpaired) electrons. The van der Waals surface area contributed by atoms with E-state index in [0.29, 0.717) is 10.6 Å². The van der Waals surface area contributed by atoms with E-state index < -0.39 is 5.97 Å². The highest BCUT2D eigenvalue weighted by Gasteiger charge is 2.49. The second kappa shape index (κ2) is 4.59. The zero-order valence-corrected chi connectivity index (χ0v) is 12.2. The maximum atomic E-state index is 11.2. The molecular weight excluding hydrogens is 274 g/mol. The quantitative estimate of drug-likeness (QED) is 0.938. The van der Waals surface area contributed by atoms with Crippen molar-refractivity contribution in [2.24, 2.45) is 0 Å². The molecule has 20 heavy (non-hydrogen) atoms. The topological polar surface area (TPSA) is 59.4 Å². The lowest BCUT2D eigenvalue weighted by Crippen LogP contribution is -2.08. The Morgan fingerprint density at radius 2 is 2.00 bits per heavy atom. The molecule has 1 N–H and O–H groups in total. The van der Waals surface area contributed by atoms with Gasteiger partial charge in [0.1, 0.15) is 15.6 Å². The Bertz CT molecular complexity index is 656. The SMILES string of the molecule is COc1ccc(C2(c3nc(C)c(C(=O)O)s3)CC2)cc1. The summed E-state index contributed by atoms with van der Waals surface area (Å²) >= 11 is 1.30. The van der Waals surface area contributed by atoms with Gasteiger partial charge in [-0.3, -0.25) is 0 Å². The number of carbonyl (C=O) groups is 1. The van der Waals surface area contributed by atoms with Gasteiger partial charge in [0.15, 0.2) is 0 Å². The van der Waals surface area contributed by atoms with Crippen molar-refractivity contribution in [3.8, 4) is 5.75 Å². The molecular formula is C15H15NO3S. The fourth-order valence-corrected chi connectivity index (χ4v) is 3.63. The van der Waals surface area contributed by atoms with Gasteiger partial charge in [-0.25, -0.2) is 9.78 Å². The van der Waals surface area contributed by atoms with E-state index in [1.54, 1.807) is 14.0 Å². The Hall–Kier alpha value is -1.88. The first-order valence-electron chi connectivity index (χ1n) is 6.42. The molecule has 1 aromatic heterocycles. The van der Waals surface area contributed by atoms with Crippen LogP contribution in [0.15, 0.2) is 24.3 Å². The van der Waals surface area contributed by atoms with Crippen LogP contribution in [0.3, 0.4) is 0 Å². The molecule has 1 aromatic carbocycles. The molecule has 0 atom stereocenters. The highest BCUT2D eigenvalue weighted by atomic mass is 32.1. The average molecular weight is 289 g/mol. The van der Waals surface area contributed by atoms with E-state index >= 15 is 0 Å². The van der Waals surface area contributed by atoms with Crippen LogP contribution in [0.5, 0.6) is 5.75 Å². The summed E-state index contributed by atoms with van der Waals surface area (Å²) in [7, 11) is 1.64. The van der Waals surface area contributed by atoms with Crippen molar-refractivity contribution in [3.63, 3.8) is 0 Å². The number of benzene rings is 1. The van der Waals surface area contributed by atoms with E-state index in [0.717, 1.165) is 23.6 Å². The molecule has 1 heterocycles. The van der Waals surface area contributed by atoms with E-state index in [-0.39, 0.29) is 5.41 Å². The van der Waals surface area contributed by atoms with Gasteiger partial charge in [-0.1, -0.05) is 12.1 Å². The van der Waals surface area contributed by atoms with Crippen molar-refractivity contribution in [2.75, 3.05) is 7.11 Å². The molecule has 5 heteroatoms. The fourth-order valence-electron chi connectivity index (χ4n) is 2.46. The summed E-state index contributed by atoms with van der Waals surface area (Å²) in [5, 5.41) is 10.1. The Morgan fingerprint density at radius 1 is 1.35 bits per heavy atom. The molecule has 0 bridgehead atoms. The van der Waals surface area contributed by atoms with Crippen LogP contribution < -0.4 is 4.74 Å². The molecule has 0 amide bonds. The molecule has 0 saturated heterocycles. The number of hydrogen-bond acceptors (Lipinski definition) is 4. The summed E-state index contributed by atoms with van der Waals surface area (Å²) in [6.45, 7) is 1.76. The number of thiazole rings is 1.